The summed E-state index contributed by atoms with van der Waals surface area (Å²) < 4.78 is 5.40. The molecule has 0 spiro atoms. The Morgan fingerprint density at radius 2 is 1.89 bits per heavy atom. The Kier molecular flexibility index (Phi) is 4.48. The van der Waals surface area contributed by atoms with E-state index in [1.807, 2.05) is 55.5 Å². The number of ether oxygens (including phenoxy) is 1. The van der Waals surface area contributed by atoms with E-state index in [-0.39, 0.29) is 0 Å². The Balaban J connectivity index is 2.00. The minimum absolute atomic E-state index is 0.626. The third kappa shape index (κ3) is 3.41. The summed E-state index contributed by atoms with van der Waals surface area (Å²) in [7, 11) is 0. The van der Waals surface area contributed by atoms with Crippen LogP contribution in [0.3, 0.4) is 0 Å². The van der Waals surface area contributed by atoms with E-state index in [0.717, 1.165) is 23.5 Å². The van der Waals surface area contributed by atoms with Crippen LogP contribution in [0.5, 0.6) is 5.75 Å². The molecule has 0 aromatic heterocycles. The van der Waals surface area contributed by atoms with Gasteiger partial charge in [0.05, 0.1) is 11.6 Å². The van der Waals surface area contributed by atoms with Crippen LogP contribution in [0, 0.1) is 0 Å². The minimum Gasteiger partial charge on any atom is -0.492 e. The summed E-state index contributed by atoms with van der Waals surface area (Å²) in [5.41, 5.74) is 2.23. The van der Waals surface area contributed by atoms with Gasteiger partial charge in [-0.15, -0.1) is 0 Å². The maximum atomic E-state index is 6.14. The predicted octanol–water partition coefficient (Wildman–Crippen LogP) is 4.35. The average molecular weight is 262 g/mol. The summed E-state index contributed by atoms with van der Waals surface area (Å²) in [4.78, 5) is 0. The normalized spacial score (nSPS) is 10.1. The molecule has 1 N–H and O–H groups in total. The van der Waals surface area contributed by atoms with Gasteiger partial charge < -0.3 is 10.1 Å². The van der Waals surface area contributed by atoms with Crippen molar-refractivity contribution in [1.29, 1.82) is 0 Å². The Hall–Kier alpha value is -1.67. The SMILES string of the molecule is CCOc1ccc(CNc2ccccc2)cc1Cl. The zero-order valence-corrected chi connectivity index (χ0v) is 11.1. The Morgan fingerprint density at radius 3 is 2.56 bits per heavy atom. The molecular formula is C15H16ClNO. The number of anilines is 1. The molecule has 0 aliphatic heterocycles. The number of rotatable bonds is 5. The van der Waals surface area contributed by atoms with Crippen molar-refractivity contribution in [2.45, 2.75) is 13.5 Å². The summed E-state index contributed by atoms with van der Waals surface area (Å²) in [6.07, 6.45) is 0. The molecule has 2 aromatic carbocycles. The van der Waals surface area contributed by atoms with E-state index >= 15 is 0 Å². The van der Waals surface area contributed by atoms with Crippen molar-refractivity contribution in [3.05, 3.63) is 59.1 Å². The molecule has 2 rings (SSSR count). The number of hydrogen-bond donors (Lipinski definition) is 1. The zero-order chi connectivity index (χ0) is 12.8. The van der Waals surface area contributed by atoms with Gasteiger partial charge in [-0.1, -0.05) is 35.9 Å². The molecule has 18 heavy (non-hydrogen) atoms. The number of hydrogen-bond acceptors (Lipinski definition) is 2. The van der Waals surface area contributed by atoms with Crippen LogP contribution in [0.2, 0.25) is 5.02 Å². The number of para-hydroxylation sites is 1. The van der Waals surface area contributed by atoms with Crippen LogP contribution in [0.1, 0.15) is 12.5 Å². The molecule has 0 aliphatic carbocycles. The lowest BCUT2D eigenvalue weighted by Gasteiger charge is -2.09. The van der Waals surface area contributed by atoms with Crippen molar-refractivity contribution >= 4 is 17.3 Å². The molecule has 2 nitrogen and oxygen atoms in total. The Morgan fingerprint density at radius 1 is 1.11 bits per heavy atom. The highest BCUT2D eigenvalue weighted by Gasteiger charge is 2.02. The van der Waals surface area contributed by atoms with Crippen molar-refractivity contribution in [3.63, 3.8) is 0 Å². The molecule has 3 heteroatoms. The van der Waals surface area contributed by atoms with Crippen molar-refractivity contribution in [1.82, 2.24) is 0 Å². The largest absolute Gasteiger partial charge is 0.492 e. The highest BCUT2D eigenvalue weighted by Crippen LogP contribution is 2.25. The molecule has 0 radical (unpaired) electrons. The lowest BCUT2D eigenvalue weighted by Crippen LogP contribution is -1.99. The van der Waals surface area contributed by atoms with Crippen molar-refractivity contribution in [3.8, 4) is 5.75 Å². The molecule has 0 fully saturated rings. The molecule has 0 saturated heterocycles. The molecule has 0 saturated carbocycles. The summed E-state index contributed by atoms with van der Waals surface area (Å²) >= 11 is 6.14. The second-order valence-electron chi connectivity index (χ2n) is 3.92. The predicted molar refractivity (Wildman–Crippen MR) is 76.4 cm³/mol. The second-order valence-corrected chi connectivity index (χ2v) is 4.32. The highest BCUT2D eigenvalue weighted by molar-refractivity contribution is 6.32. The zero-order valence-electron chi connectivity index (χ0n) is 10.3. The van der Waals surface area contributed by atoms with Crippen LogP contribution >= 0.6 is 11.6 Å². The monoisotopic (exact) mass is 261 g/mol. The fraction of sp³-hybridized carbons (Fsp3) is 0.200. The smallest absolute Gasteiger partial charge is 0.137 e. The Bertz CT molecular complexity index is 499. The standard InChI is InChI=1S/C15H16ClNO/c1-2-18-15-9-8-12(10-14(15)16)11-17-13-6-4-3-5-7-13/h3-10,17H,2,11H2,1H3. The summed E-state index contributed by atoms with van der Waals surface area (Å²) in [5.74, 6) is 0.739. The molecule has 0 bridgehead atoms. The van der Waals surface area contributed by atoms with Gasteiger partial charge in [-0.2, -0.15) is 0 Å². The first-order valence-corrected chi connectivity index (χ1v) is 6.37. The highest BCUT2D eigenvalue weighted by atomic mass is 35.5. The first kappa shape index (κ1) is 12.8. The second kappa shape index (κ2) is 6.31. The van der Waals surface area contributed by atoms with E-state index in [0.29, 0.717) is 11.6 Å². The van der Waals surface area contributed by atoms with E-state index < -0.39 is 0 Å². The average Bonchev–Trinajstić information content (AvgIpc) is 2.41. The van der Waals surface area contributed by atoms with Crippen LogP contribution in [-0.4, -0.2) is 6.61 Å². The molecule has 0 amide bonds. The minimum atomic E-state index is 0.626. The topological polar surface area (TPSA) is 21.3 Å². The third-order valence-corrected chi connectivity index (χ3v) is 2.86. The lowest BCUT2D eigenvalue weighted by molar-refractivity contribution is 0.340. The molecule has 2 aromatic rings. The molecule has 94 valence electrons. The summed E-state index contributed by atoms with van der Waals surface area (Å²) in [6.45, 7) is 3.32. The van der Waals surface area contributed by atoms with E-state index in [1.54, 1.807) is 0 Å². The van der Waals surface area contributed by atoms with Crippen molar-refractivity contribution in [2.24, 2.45) is 0 Å². The van der Waals surface area contributed by atoms with Crippen molar-refractivity contribution < 1.29 is 4.74 Å². The van der Waals surface area contributed by atoms with Crippen LogP contribution in [0.25, 0.3) is 0 Å². The first-order chi connectivity index (χ1) is 8.79. The van der Waals surface area contributed by atoms with Gasteiger partial charge in [0.2, 0.25) is 0 Å². The van der Waals surface area contributed by atoms with Crippen LogP contribution < -0.4 is 10.1 Å². The Labute approximate surface area is 113 Å². The van der Waals surface area contributed by atoms with Crippen LogP contribution in [-0.2, 0) is 6.54 Å². The third-order valence-electron chi connectivity index (χ3n) is 2.57. The quantitative estimate of drug-likeness (QED) is 0.864. The van der Waals surface area contributed by atoms with Gasteiger partial charge in [0, 0.05) is 12.2 Å². The van der Waals surface area contributed by atoms with Gasteiger partial charge in [-0.3, -0.25) is 0 Å². The molecule has 0 aliphatic rings. The van der Waals surface area contributed by atoms with Gasteiger partial charge in [0.1, 0.15) is 5.75 Å². The molecule has 0 heterocycles. The lowest BCUT2D eigenvalue weighted by atomic mass is 10.2. The number of benzene rings is 2. The summed E-state index contributed by atoms with van der Waals surface area (Å²) in [5, 5.41) is 4.00. The fourth-order valence-electron chi connectivity index (χ4n) is 1.69. The van der Waals surface area contributed by atoms with Crippen molar-refractivity contribution in [2.75, 3.05) is 11.9 Å². The van der Waals surface area contributed by atoms with E-state index in [4.69, 9.17) is 16.3 Å². The first-order valence-electron chi connectivity index (χ1n) is 5.99. The van der Waals surface area contributed by atoms with Gasteiger partial charge in [0.25, 0.3) is 0 Å². The van der Waals surface area contributed by atoms with Crippen LogP contribution in [0.4, 0.5) is 5.69 Å². The van der Waals surface area contributed by atoms with E-state index in [9.17, 15) is 0 Å². The maximum absolute atomic E-state index is 6.14. The van der Waals surface area contributed by atoms with Crippen LogP contribution in [0.15, 0.2) is 48.5 Å². The summed E-state index contributed by atoms with van der Waals surface area (Å²) in [6, 6.07) is 16.0. The fourth-order valence-corrected chi connectivity index (χ4v) is 1.94. The van der Waals surface area contributed by atoms with Gasteiger partial charge in [-0.05, 0) is 36.8 Å². The van der Waals surface area contributed by atoms with E-state index in [2.05, 4.69) is 5.32 Å². The van der Waals surface area contributed by atoms with Gasteiger partial charge in [-0.25, -0.2) is 0 Å². The van der Waals surface area contributed by atoms with Gasteiger partial charge >= 0.3 is 0 Å². The number of halogens is 1. The molecular weight excluding hydrogens is 246 g/mol. The van der Waals surface area contributed by atoms with E-state index in [1.165, 1.54) is 0 Å². The maximum Gasteiger partial charge on any atom is 0.137 e. The molecule has 0 atom stereocenters. The number of nitrogens with one attached hydrogen (secondary N) is 1. The van der Waals surface area contributed by atoms with Gasteiger partial charge in [0.15, 0.2) is 0 Å². The molecule has 0 unspecified atom stereocenters.